The Kier molecular flexibility index (Phi) is 6.35. The Morgan fingerprint density at radius 2 is 2.00 bits per heavy atom. The number of hydrogen-bond donors (Lipinski definition) is 2. The maximum Gasteiger partial charge on any atom is 0.191 e. The van der Waals surface area contributed by atoms with Gasteiger partial charge in [-0.25, -0.2) is 9.38 Å². The minimum Gasteiger partial charge on any atom is -0.453 e. The predicted molar refractivity (Wildman–Crippen MR) is 89.2 cm³/mol. The second kappa shape index (κ2) is 8.73. The lowest BCUT2D eigenvalue weighted by atomic mass is 10.2. The van der Waals surface area contributed by atoms with Crippen LogP contribution in [-0.4, -0.2) is 24.0 Å². The normalized spacial score (nSPS) is 10.0. The Balaban J connectivity index is 2.05. The lowest BCUT2D eigenvalue weighted by Crippen LogP contribution is -2.36. The number of aromatic nitrogens is 1. The summed E-state index contributed by atoms with van der Waals surface area (Å²) in [5.41, 5.74) is 0.773. The molecule has 23 heavy (non-hydrogen) atoms. The molecule has 1 heterocycles. The van der Waals surface area contributed by atoms with Crippen LogP contribution in [0.3, 0.4) is 0 Å². The molecule has 6 heteroatoms. The molecule has 0 saturated carbocycles. The number of rotatable bonds is 6. The van der Waals surface area contributed by atoms with Gasteiger partial charge in [-0.1, -0.05) is 6.07 Å². The minimum atomic E-state index is -0.421. The molecule has 5 nitrogen and oxygen atoms in total. The van der Waals surface area contributed by atoms with E-state index >= 15 is 0 Å². The van der Waals surface area contributed by atoms with Crippen molar-refractivity contribution in [2.75, 3.05) is 13.1 Å². The molecule has 1 aromatic heterocycles. The van der Waals surface area contributed by atoms with Crippen LogP contribution in [0, 0.1) is 5.82 Å². The lowest BCUT2D eigenvalue weighted by molar-refractivity contribution is 0.440. The van der Waals surface area contributed by atoms with Crippen LogP contribution in [0.2, 0.25) is 0 Å². The van der Waals surface area contributed by atoms with Crippen molar-refractivity contribution in [3.05, 3.63) is 54.1 Å². The minimum absolute atomic E-state index is 0.171. The number of hydrogen-bond acceptors (Lipinski definition) is 3. The van der Waals surface area contributed by atoms with Crippen molar-refractivity contribution in [3.8, 4) is 11.5 Å². The van der Waals surface area contributed by atoms with E-state index in [4.69, 9.17) is 4.74 Å². The number of benzene rings is 1. The first-order valence-corrected chi connectivity index (χ1v) is 7.61. The number of pyridine rings is 1. The molecule has 2 rings (SSSR count). The molecule has 122 valence electrons. The van der Waals surface area contributed by atoms with Gasteiger partial charge in [0, 0.05) is 19.3 Å². The summed E-state index contributed by atoms with van der Waals surface area (Å²) in [6, 6.07) is 8.30. The molecule has 0 atom stereocenters. The number of nitrogens with zero attached hydrogens (tertiary/aromatic N) is 2. The van der Waals surface area contributed by atoms with Gasteiger partial charge in [-0.15, -0.1) is 0 Å². The van der Waals surface area contributed by atoms with Crippen molar-refractivity contribution in [2.45, 2.75) is 20.4 Å². The number of aliphatic imine (C=N–C) groups is 1. The van der Waals surface area contributed by atoms with Crippen LogP contribution in [0.15, 0.2) is 47.7 Å². The van der Waals surface area contributed by atoms with Crippen LogP contribution in [-0.2, 0) is 6.54 Å². The molecule has 0 spiro atoms. The van der Waals surface area contributed by atoms with E-state index in [-0.39, 0.29) is 5.75 Å². The van der Waals surface area contributed by atoms with Gasteiger partial charge in [0.15, 0.2) is 17.5 Å². The zero-order chi connectivity index (χ0) is 16.5. The molecule has 0 aliphatic heterocycles. The highest BCUT2D eigenvalue weighted by atomic mass is 19.1. The molecule has 1 aromatic carbocycles. The number of nitrogens with one attached hydrogen (secondary N) is 2. The Labute approximate surface area is 135 Å². The van der Waals surface area contributed by atoms with E-state index < -0.39 is 5.82 Å². The van der Waals surface area contributed by atoms with Gasteiger partial charge >= 0.3 is 0 Å². The largest absolute Gasteiger partial charge is 0.453 e. The zero-order valence-corrected chi connectivity index (χ0v) is 13.3. The van der Waals surface area contributed by atoms with Crippen molar-refractivity contribution in [1.29, 1.82) is 0 Å². The average Bonchev–Trinajstić information content (AvgIpc) is 2.56. The van der Waals surface area contributed by atoms with Crippen LogP contribution in [0.1, 0.15) is 19.4 Å². The molecule has 0 aliphatic carbocycles. The van der Waals surface area contributed by atoms with Crippen molar-refractivity contribution in [3.63, 3.8) is 0 Å². The SMILES string of the molecule is CCNC(=NCc1ccc(Oc2cccnc2)c(F)c1)NCC. The highest BCUT2D eigenvalue weighted by molar-refractivity contribution is 5.79. The third-order valence-corrected chi connectivity index (χ3v) is 2.97. The second-order valence-corrected chi connectivity index (χ2v) is 4.78. The van der Waals surface area contributed by atoms with E-state index in [0.717, 1.165) is 18.7 Å². The van der Waals surface area contributed by atoms with Crippen molar-refractivity contribution < 1.29 is 9.13 Å². The predicted octanol–water partition coefficient (Wildman–Crippen LogP) is 3.09. The van der Waals surface area contributed by atoms with Gasteiger partial charge in [-0.05, 0) is 43.7 Å². The van der Waals surface area contributed by atoms with Crippen LogP contribution in [0.25, 0.3) is 0 Å². The summed E-state index contributed by atoms with van der Waals surface area (Å²) in [6.07, 6.45) is 3.17. The highest BCUT2D eigenvalue weighted by Gasteiger charge is 2.06. The summed E-state index contributed by atoms with van der Waals surface area (Å²) in [7, 11) is 0. The Hall–Kier alpha value is -2.63. The first kappa shape index (κ1) is 16.7. The Morgan fingerprint density at radius 1 is 1.22 bits per heavy atom. The molecule has 0 aliphatic rings. The van der Waals surface area contributed by atoms with E-state index in [1.54, 1.807) is 30.5 Å². The molecule has 0 saturated heterocycles. The quantitative estimate of drug-likeness (QED) is 0.635. The van der Waals surface area contributed by atoms with Crippen molar-refractivity contribution >= 4 is 5.96 Å². The highest BCUT2D eigenvalue weighted by Crippen LogP contribution is 2.24. The molecule has 0 fully saturated rings. The Bertz CT molecular complexity index is 638. The monoisotopic (exact) mass is 316 g/mol. The fourth-order valence-corrected chi connectivity index (χ4v) is 1.94. The van der Waals surface area contributed by atoms with E-state index in [2.05, 4.69) is 20.6 Å². The zero-order valence-electron chi connectivity index (χ0n) is 13.3. The van der Waals surface area contributed by atoms with Gasteiger partial charge in [-0.2, -0.15) is 0 Å². The molecule has 0 unspecified atom stereocenters. The maximum atomic E-state index is 14.1. The van der Waals surface area contributed by atoms with Crippen LogP contribution < -0.4 is 15.4 Å². The van der Waals surface area contributed by atoms with Gasteiger partial charge in [0.05, 0.1) is 12.7 Å². The van der Waals surface area contributed by atoms with Crippen LogP contribution >= 0.6 is 0 Å². The lowest BCUT2D eigenvalue weighted by Gasteiger charge is -2.10. The molecule has 0 radical (unpaired) electrons. The Morgan fingerprint density at radius 3 is 2.61 bits per heavy atom. The van der Waals surface area contributed by atoms with Gasteiger partial charge in [0.2, 0.25) is 0 Å². The first-order chi connectivity index (χ1) is 11.2. The molecule has 2 N–H and O–H groups in total. The van der Waals surface area contributed by atoms with Crippen LogP contribution in [0.5, 0.6) is 11.5 Å². The second-order valence-electron chi connectivity index (χ2n) is 4.78. The topological polar surface area (TPSA) is 58.5 Å². The fourth-order valence-electron chi connectivity index (χ4n) is 1.94. The van der Waals surface area contributed by atoms with E-state index in [1.807, 2.05) is 13.8 Å². The standard InChI is InChI=1S/C17H21FN4O/c1-3-20-17(21-4-2)22-11-13-7-8-16(15(18)10-13)23-14-6-5-9-19-12-14/h5-10,12H,3-4,11H2,1-2H3,(H2,20,21,22). The molecule has 2 aromatic rings. The van der Waals surface area contributed by atoms with Crippen LogP contribution in [0.4, 0.5) is 4.39 Å². The first-order valence-electron chi connectivity index (χ1n) is 7.61. The molecule has 0 amide bonds. The molecule has 0 bridgehead atoms. The van der Waals surface area contributed by atoms with Gasteiger partial charge in [0.1, 0.15) is 5.75 Å². The third kappa shape index (κ3) is 5.25. The molecular formula is C17H21FN4O. The van der Waals surface area contributed by atoms with E-state index in [1.165, 1.54) is 12.3 Å². The van der Waals surface area contributed by atoms with Crippen molar-refractivity contribution in [2.24, 2.45) is 4.99 Å². The summed E-state index contributed by atoms with van der Waals surface area (Å²) >= 11 is 0. The van der Waals surface area contributed by atoms with Gasteiger partial charge in [-0.3, -0.25) is 4.98 Å². The number of guanidine groups is 1. The number of ether oxygens (including phenoxy) is 1. The summed E-state index contributed by atoms with van der Waals surface area (Å²) in [5.74, 6) is 0.962. The average molecular weight is 316 g/mol. The van der Waals surface area contributed by atoms with Gasteiger partial charge < -0.3 is 15.4 Å². The summed E-state index contributed by atoms with van der Waals surface area (Å²) in [4.78, 5) is 8.34. The van der Waals surface area contributed by atoms with E-state index in [0.29, 0.717) is 18.3 Å². The summed E-state index contributed by atoms with van der Waals surface area (Å²) < 4.78 is 19.6. The summed E-state index contributed by atoms with van der Waals surface area (Å²) in [5, 5.41) is 6.25. The number of halogens is 1. The fraction of sp³-hybridized carbons (Fsp3) is 0.294. The third-order valence-electron chi connectivity index (χ3n) is 2.97. The molecular weight excluding hydrogens is 295 g/mol. The van der Waals surface area contributed by atoms with Gasteiger partial charge in [0.25, 0.3) is 0 Å². The smallest absolute Gasteiger partial charge is 0.191 e. The van der Waals surface area contributed by atoms with Crippen molar-refractivity contribution in [1.82, 2.24) is 15.6 Å². The van der Waals surface area contributed by atoms with E-state index in [9.17, 15) is 4.39 Å². The summed E-state index contributed by atoms with van der Waals surface area (Å²) in [6.45, 7) is 5.93. The maximum absolute atomic E-state index is 14.1.